The molecule has 0 saturated carbocycles. The summed E-state index contributed by atoms with van der Waals surface area (Å²) in [5, 5.41) is 1.72. The number of amides is 2. The van der Waals surface area contributed by atoms with Crippen molar-refractivity contribution >= 4 is 34.3 Å². The lowest BCUT2D eigenvalue weighted by Gasteiger charge is -2.51. The number of nitrogens with zero attached hydrogens (tertiary/aromatic N) is 2. The van der Waals surface area contributed by atoms with E-state index in [4.69, 9.17) is 11.6 Å². The number of rotatable bonds is 4. The lowest BCUT2D eigenvalue weighted by Crippen LogP contribution is -2.67. The van der Waals surface area contributed by atoms with Gasteiger partial charge in [-0.25, -0.2) is 0 Å². The van der Waals surface area contributed by atoms with Gasteiger partial charge in [-0.05, 0) is 53.8 Å². The van der Waals surface area contributed by atoms with Crippen molar-refractivity contribution in [2.75, 3.05) is 13.1 Å². The molecule has 2 aliphatic heterocycles. The summed E-state index contributed by atoms with van der Waals surface area (Å²) in [4.78, 5) is 34.8. The first kappa shape index (κ1) is 22.9. The monoisotopic (exact) mass is 497 g/mol. The maximum atomic E-state index is 14.2. The highest BCUT2D eigenvalue weighted by molar-refractivity contribution is 6.30. The van der Waals surface area contributed by atoms with E-state index in [-0.39, 0.29) is 24.3 Å². The summed E-state index contributed by atoms with van der Waals surface area (Å²) in [6, 6.07) is 24.3. The molecule has 2 aliphatic rings. The molecule has 0 radical (unpaired) electrons. The molecule has 2 amide bonds. The Morgan fingerprint density at radius 1 is 1.00 bits per heavy atom. The SMILES string of the molecule is CCc1ccc(C2CN3C(=O)CN(Cc4cccc(Cl)c4)C(=O)[C@]3(C)c3[nH]c4ccccc4c32)cc1. The predicted molar refractivity (Wildman–Crippen MR) is 142 cm³/mol. The summed E-state index contributed by atoms with van der Waals surface area (Å²) in [5.41, 5.74) is 5.13. The van der Waals surface area contributed by atoms with Gasteiger partial charge in [-0.1, -0.05) is 73.1 Å². The molecule has 6 rings (SSSR count). The molecule has 3 aromatic carbocycles. The molecule has 2 atom stereocenters. The highest BCUT2D eigenvalue weighted by Gasteiger charge is 2.56. The number of H-pyrrole nitrogens is 1. The normalized spacial score (nSPS) is 21.6. The Labute approximate surface area is 215 Å². The van der Waals surface area contributed by atoms with E-state index in [2.05, 4.69) is 42.2 Å². The van der Waals surface area contributed by atoms with Gasteiger partial charge in [0, 0.05) is 34.9 Å². The quantitative estimate of drug-likeness (QED) is 0.398. The minimum absolute atomic E-state index is 0.0219. The van der Waals surface area contributed by atoms with E-state index in [0.717, 1.165) is 39.7 Å². The molecule has 6 heteroatoms. The number of hydrogen-bond acceptors (Lipinski definition) is 2. The van der Waals surface area contributed by atoms with Crippen LogP contribution in [0.1, 0.15) is 47.7 Å². The van der Waals surface area contributed by atoms with Crippen molar-refractivity contribution in [1.29, 1.82) is 0 Å². The van der Waals surface area contributed by atoms with Gasteiger partial charge in [0.2, 0.25) is 5.91 Å². The number of para-hydroxylation sites is 1. The lowest BCUT2D eigenvalue weighted by molar-refractivity contribution is -0.166. The van der Waals surface area contributed by atoms with Gasteiger partial charge in [0.25, 0.3) is 5.91 Å². The number of nitrogens with one attached hydrogen (secondary N) is 1. The Bertz CT molecular complexity index is 1490. The van der Waals surface area contributed by atoms with Crippen molar-refractivity contribution in [3.05, 3.63) is 106 Å². The van der Waals surface area contributed by atoms with Gasteiger partial charge in [0.1, 0.15) is 6.54 Å². The van der Waals surface area contributed by atoms with E-state index in [1.54, 1.807) is 9.80 Å². The molecule has 182 valence electrons. The van der Waals surface area contributed by atoms with Crippen LogP contribution in [0.3, 0.4) is 0 Å². The summed E-state index contributed by atoms with van der Waals surface area (Å²) in [5.74, 6) is -0.139. The van der Waals surface area contributed by atoms with Gasteiger partial charge in [-0.2, -0.15) is 0 Å². The molecule has 1 unspecified atom stereocenters. The first-order chi connectivity index (χ1) is 17.4. The van der Waals surface area contributed by atoms with Crippen LogP contribution in [0.5, 0.6) is 0 Å². The number of carbonyl (C=O) groups excluding carboxylic acids is 2. The first-order valence-electron chi connectivity index (χ1n) is 12.4. The van der Waals surface area contributed by atoms with E-state index in [9.17, 15) is 9.59 Å². The number of carbonyl (C=O) groups is 2. The largest absolute Gasteiger partial charge is 0.356 e. The highest BCUT2D eigenvalue weighted by atomic mass is 35.5. The Kier molecular flexibility index (Phi) is 5.41. The molecule has 1 fully saturated rings. The number of halogens is 1. The maximum Gasteiger partial charge on any atom is 0.255 e. The second kappa shape index (κ2) is 8.52. The molecule has 0 bridgehead atoms. The van der Waals surface area contributed by atoms with Gasteiger partial charge < -0.3 is 14.8 Å². The third-order valence-corrected chi connectivity index (χ3v) is 8.11. The van der Waals surface area contributed by atoms with Crippen LogP contribution in [0.2, 0.25) is 5.02 Å². The standard InChI is InChI=1S/C30H28ClN3O2/c1-3-19-11-13-21(14-12-19)24-17-34-26(35)18-33(16-20-7-6-8-22(31)15-20)29(36)30(34,2)28-27(24)23-9-4-5-10-25(23)32-28/h4-15,24,32H,3,16-18H2,1-2H3/t24?,30-/m0/s1. The molecule has 36 heavy (non-hydrogen) atoms. The van der Waals surface area contributed by atoms with E-state index in [0.29, 0.717) is 18.1 Å². The van der Waals surface area contributed by atoms with Crippen LogP contribution in [0.4, 0.5) is 0 Å². The van der Waals surface area contributed by atoms with Crippen molar-refractivity contribution in [2.45, 2.75) is 38.3 Å². The third kappa shape index (κ3) is 3.45. The molecular weight excluding hydrogens is 470 g/mol. The molecule has 5 nitrogen and oxygen atoms in total. The smallest absolute Gasteiger partial charge is 0.255 e. The molecule has 0 aliphatic carbocycles. The Morgan fingerprint density at radius 3 is 2.53 bits per heavy atom. The van der Waals surface area contributed by atoms with Crippen LogP contribution in [0.25, 0.3) is 10.9 Å². The van der Waals surface area contributed by atoms with Crippen molar-refractivity contribution in [2.24, 2.45) is 0 Å². The number of aromatic amines is 1. The third-order valence-electron chi connectivity index (χ3n) is 7.87. The van der Waals surface area contributed by atoms with E-state index in [1.807, 2.05) is 49.4 Å². The van der Waals surface area contributed by atoms with Gasteiger partial charge in [0.15, 0.2) is 5.54 Å². The van der Waals surface area contributed by atoms with Crippen LogP contribution in [-0.4, -0.2) is 39.7 Å². The predicted octanol–water partition coefficient (Wildman–Crippen LogP) is 5.62. The summed E-state index contributed by atoms with van der Waals surface area (Å²) in [7, 11) is 0. The zero-order chi connectivity index (χ0) is 25.0. The van der Waals surface area contributed by atoms with E-state index in [1.165, 1.54) is 5.56 Å². The van der Waals surface area contributed by atoms with Crippen LogP contribution < -0.4 is 0 Å². The first-order valence-corrected chi connectivity index (χ1v) is 12.8. The van der Waals surface area contributed by atoms with Crippen molar-refractivity contribution in [1.82, 2.24) is 14.8 Å². The van der Waals surface area contributed by atoms with Gasteiger partial charge >= 0.3 is 0 Å². The number of hydrogen-bond donors (Lipinski definition) is 1. The number of aromatic nitrogens is 1. The fraction of sp³-hybridized carbons (Fsp3) is 0.267. The van der Waals surface area contributed by atoms with Gasteiger partial charge in [0.05, 0.1) is 5.69 Å². The van der Waals surface area contributed by atoms with Gasteiger partial charge in [-0.15, -0.1) is 0 Å². The Balaban J connectivity index is 1.49. The summed E-state index contributed by atoms with van der Waals surface area (Å²) in [6.07, 6.45) is 0.975. The topological polar surface area (TPSA) is 56.4 Å². The van der Waals surface area contributed by atoms with Crippen molar-refractivity contribution in [3.8, 4) is 0 Å². The molecule has 0 spiro atoms. The fourth-order valence-electron chi connectivity index (χ4n) is 5.94. The highest BCUT2D eigenvalue weighted by Crippen LogP contribution is 2.48. The Morgan fingerprint density at radius 2 is 1.78 bits per heavy atom. The summed E-state index contributed by atoms with van der Waals surface area (Å²) < 4.78 is 0. The molecular formula is C30H28ClN3O2. The summed E-state index contributed by atoms with van der Waals surface area (Å²) >= 11 is 6.19. The molecule has 1 saturated heterocycles. The number of piperazine rings is 1. The molecule has 1 aromatic heterocycles. The fourth-order valence-corrected chi connectivity index (χ4v) is 6.16. The second-order valence-corrected chi connectivity index (χ2v) is 10.4. The van der Waals surface area contributed by atoms with E-state index < -0.39 is 5.54 Å². The van der Waals surface area contributed by atoms with Crippen molar-refractivity contribution in [3.63, 3.8) is 0 Å². The average Bonchev–Trinajstić information content (AvgIpc) is 3.28. The van der Waals surface area contributed by atoms with Crippen molar-refractivity contribution < 1.29 is 9.59 Å². The minimum Gasteiger partial charge on any atom is -0.356 e. The van der Waals surface area contributed by atoms with Crippen LogP contribution in [-0.2, 0) is 28.1 Å². The Hall–Kier alpha value is -3.57. The van der Waals surface area contributed by atoms with Crippen LogP contribution in [0, 0.1) is 0 Å². The zero-order valence-corrected chi connectivity index (χ0v) is 21.2. The molecule has 3 heterocycles. The number of benzene rings is 3. The minimum atomic E-state index is -1.11. The number of fused-ring (bicyclic) bond motifs is 5. The lowest BCUT2D eigenvalue weighted by atomic mass is 9.76. The number of aryl methyl sites for hydroxylation is 1. The van der Waals surface area contributed by atoms with Gasteiger partial charge in [-0.3, -0.25) is 9.59 Å². The zero-order valence-electron chi connectivity index (χ0n) is 20.4. The van der Waals surface area contributed by atoms with Crippen LogP contribution in [0.15, 0.2) is 72.8 Å². The van der Waals surface area contributed by atoms with E-state index >= 15 is 0 Å². The van der Waals surface area contributed by atoms with Crippen LogP contribution >= 0.6 is 11.6 Å². The average molecular weight is 498 g/mol. The molecule has 1 N–H and O–H groups in total. The molecule has 4 aromatic rings. The summed E-state index contributed by atoms with van der Waals surface area (Å²) in [6.45, 7) is 4.89. The maximum absolute atomic E-state index is 14.2. The second-order valence-electron chi connectivity index (χ2n) is 9.97.